The molecule has 0 N–H and O–H groups in total. The van der Waals surface area contributed by atoms with Crippen molar-refractivity contribution in [1.82, 2.24) is 20.0 Å². The highest BCUT2D eigenvalue weighted by molar-refractivity contribution is 6.31. The van der Waals surface area contributed by atoms with Crippen LogP contribution in [0.4, 0.5) is 11.6 Å². The van der Waals surface area contributed by atoms with Gasteiger partial charge in [0, 0.05) is 57.4 Å². The van der Waals surface area contributed by atoms with Crippen molar-refractivity contribution < 1.29 is 4.79 Å². The molecule has 29 heavy (non-hydrogen) atoms. The number of aromatic nitrogens is 2. The van der Waals surface area contributed by atoms with E-state index in [1.807, 2.05) is 35.2 Å². The highest BCUT2D eigenvalue weighted by atomic mass is 35.5. The van der Waals surface area contributed by atoms with Crippen LogP contribution in [0.5, 0.6) is 0 Å². The van der Waals surface area contributed by atoms with E-state index in [1.165, 1.54) is 0 Å². The lowest BCUT2D eigenvalue weighted by Crippen LogP contribution is -2.49. The number of piperazine rings is 2. The molecule has 2 aliphatic heterocycles. The number of hydrogen-bond acceptors (Lipinski definition) is 6. The van der Waals surface area contributed by atoms with Gasteiger partial charge in [0.15, 0.2) is 11.6 Å². The Bertz CT molecular complexity index is 829. The molecule has 7 nitrogen and oxygen atoms in total. The lowest BCUT2D eigenvalue weighted by atomic mass is 10.1. The van der Waals surface area contributed by atoms with Crippen LogP contribution in [-0.4, -0.2) is 85.3 Å². The molecule has 0 saturated carbocycles. The Morgan fingerprint density at radius 3 is 1.97 bits per heavy atom. The second kappa shape index (κ2) is 8.97. The van der Waals surface area contributed by atoms with Gasteiger partial charge in [0.1, 0.15) is 0 Å². The van der Waals surface area contributed by atoms with Crippen LogP contribution < -0.4 is 9.80 Å². The number of anilines is 2. The first kappa shape index (κ1) is 19.9. The first-order valence-corrected chi connectivity index (χ1v) is 10.5. The number of halogens is 1. The maximum atomic E-state index is 12.6. The maximum absolute atomic E-state index is 12.6. The Morgan fingerprint density at radius 1 is 0.862 bits per heavy atom. The molecule has 2 aliphatic rings. The number of hydrogen-bond donors (Lipinski definition) is 0. The molecule has 2 fully saturated rings. The Morgan fingerprint density at radius 2 is 1.41 bits per heavy atom. The fraction of sp³-hybridized carbons (Fsp3) is 0.476. The van der Waals surface area contributed by atoms with Gasteiger partial charge in [-0.25, -0.2) is 0 Å². The number of amides is 1. The third kappa shape index (κ3) is 4.79. The average Bonchev–Trinajstić information content (AvgIpc) is 2.76. The number of nitrogens with zero attached hydrogens (tertiary/aromatic N) is 6. The standard InChI is InChI=1S/C21H27ClN6O/c1-25-8-10-26(11-9-25)19-6-7-20(24-23-19)27-12-14-28(15-13-27)21(29)16-17-4-2-3-5-18(17)22/h2-7H,8-16H2,1H3. The summed E-state index contributed by atoms with van der Waals surface area (Å²) in [5.41, 5.74) is 0.881. The molecule has 0 bridgehead atoms. The molecule has 2 aromatic rings. The molecule has 2 saturated heterocycles. The molecule has 0 aliphatic carbocycles. The van der Waals surface area contributed by atoms with Crippen molar-refractivity contribution in [2.24, 2.45) is 0 Å². The highest BCUT2D eigenvalue weighted by Crippen LogP contribution is 2.19. The van der Waals surface area contributed by atoms with E-state index in [9.17, 15) is 4.79 Å². The topological polar surface area (TPSA) is 55.8 Å². The van der Waals surface area contributed by atoms with Crippen LogP contribution in [0.1, 0.15) is 5.56 Å². The summed E-state index contributed by atoms with van der Waals surface area (Å²) in [6.07, 6.45) is 0.346. The summed E-state index contributed by atoms with van der Waals surface area (Å²) in [6.45, 7) is 6.96. The largest absolute Gasteiger partial charge is 0.353 e. The van der Waals surface area contributed by atoms with Gasteiger partial charge >= 0.3 is 0 Å². The summed E-state index contributed by atoms with van der Waals surface area (Å²) in [5.74, 6) is 1.94. The van der Waals surface area contributed by atoms with Gasteiger partial charge in [-0.3, -0.25) is 4.79 Å². The van der Waals surface area contributed by atoms with E-state index in [1.54, 1.807) is 0 Å². The second-order valence-electron chi connectivity index (χ2n) is 7.68. The molecule has 3 heterocycles. The minimum absolute atomic E-state index is 0.120. The van der Waals surface area contributed by atoms with Crippen molar-refractivity contribution in [3.63, 3.8) is 0 Å². The quantitative estimate of drug-likeness (QED) is 0.760. The van der Waals surface area contributed by atoms with Gasteiger partial charge in [0.2, 0.25) is 5.91 Å². The van der Waals surface area contributed by atoms with Crippen LogP contribution in [0.25, 0.3) is 0 Å². The van der Waals surface area contributed by atoms with E-state index < -0.39 is 0 Å². The molecule has 1 aromatic carbocycles. The number of rotatable bonds is 4. The van der Waals surface area contributed by atoms with Gasteiger partial charge in [-0.1, -0.05) is 29.8 Å². The van der Waals surface area contributed by atoms with Crippen molar-refractivity contribution in [3.8, 4) is 0 Å². The van der Waals surface area contributed by atoms with Crippen molar-refractivity contribution in [1.29, 1.82) is 0 Å². The minimum Gasteiger partial charge on any atom is -0.353 e. The maximum Gasteiger partial charge on any atom is 0.227 e. The lowest BCUT2D eigenvalue weighted by Gasteiger charge is -2.36. The molecule has 0 radical (unpaired) electrons. The summed E-state index contributed by atoms with van der Waals surface area (Å²) in [6, 6.07) is 11.6. The Balaban J connectivity index is 1.30. The van der Waals surface area contributed by atoms with Crippen LogP contribution in [-0.2, 0) is 11.2 Å². The highest BCUT2D eigenvalue weighted by Gasteiger charge is 2.23. The number of likely N-dealkylation sites (N-methyl/N-ethyl adjacent to an activating group) is 1. The van der Waals surface area contributed by atoms with Crippen LogP contribution in [0.15, 0.2) is 36.4 Å². The molecule has 4 rings (SSSR count). The fourth-order valence-electron chi connectivity index (χ4n) is 3.79. The van der Waals surface area contributed by atoms with E-state index >= 15 is 0 Å². The molecular weight excluding hydrogens is 388 g/mol. The van der Waals surface area contributed by atoms with Crippen LogP contribution in [0.3, 0.4) is 0 Å². The SMILES string of the molecule is CN1CCN(c2ccc(N3CCN(C(=O)Cc4ccccc4Cl)CC3)nn2)CC1. The van der Waals surface area contributed by atoms with E-state index in [0.29, 0.717) is 24.5 Å². The van der Waals surface area contributed by atoms with Crippen molar-refractivity contribution in [2.75, 3.05) is 69.2 Å². The van der Waals surface area contributed by atoms with Gasteiger partial charge in [0.25, 0.3) is 0 Å². The van der Waals surface area contributed by atoms with Gasteiger partial charge in [-0.05, 0) is 30.8 Å². The zero-order valence-electron chi connectivity index (χ0n) is 16.8. The monoisotopic (exact) mass is 414 g/mol. The molecule has 0 atom stereocenters. The first-order chi connectivity index (χ1) is 14.1. The Hall–Kier alpha value is -2.38. The van der Waals surface area contributed by atoms with E-state index in [4.69, 9.17) is 11.6 Å². The summed E-state index contributed by atoms with van der Waals surface area (Å²) < 4.78 is 0. The molecule has 0 unspecified atom stereocenters. The predicted octanol–water partition coefficient (Wildman–Crippen LogP) is 1.77. The van der Waals surface area contributed by atoms with E-state index in [0.717, 1.165) is 56.5 Å². The lowest BCUT2D eigenvalue weighted by molar-refractivity contribution is -0.130. The summed E-state index contributed by atoms with van der Waals surface area (Å²) in [7, 11) is 2.14. The Labute approximate surface area is 176 Å². The van der Waals surface area contributed by atoms with Gasteiger partial charge in [-0.15, -0.1) is 10.2 Å². The van der Waals surface area contributed by atoms with E-state index in [2.05, 4.69) is 38.0 Å². The number of benzene rings is 1. The predicted molar refractivity (Wildman–Crippen MR) is 116 cm³/mol. The normalized spacial score (nSPS) is 18.2. The molecule has 0 spiro atoms. The first-order valence-electron chi connectivity index (χ1n) is 10.1. The van der Waals surface area contributed by atoms with Gasteiger partial charge < -0.3 is 19.6 Å². The summed E-state index contributed by atoms with van der Waals surface area (Å²) in [5, 5.41) is 9.54. The fourth-order valence-corrected chi connectivity index (χ4v) is 4.00. The minimum atomic E-state index is 0.120. The summed E-state index contributed by atoms with van der Waals surface area (Å²) in [4.78, 5) is 21.3. The van der Waals surface area contributed by atoms with Crippen molar-refractivity contribution in [3.05, 3.63) is 47.0 Å². The zero-order valence-corrected chi connectivity index (χ0v) is 17.6. The smallest absolute Gasteiger partial charge is 0.227 e. The summed E-state index contributed by atoms with van der Waals surface area (Å²) >= 11 is 6.19. The third-order valence-corrected chi connectivity index (χ3v) is 6.09. The second-order valence-corrected chi connectivity index (χ2v) is 8.08. The van der Waals surface area contributed by atoms with Gasteiger partial charge in [0.05, 0.1) is 6.42 Å². The number of carbonyl (C=O) groups is 1. The molecule has 1 amide bonds. The van der Waals surface area contributed by atoms with Gasteiger partial charge in [-0.2, -0.15) is 0 Å². The molecule has 1 aromatic heterocycles. The zero-order chi connectivity index (χ0) is 20.2. The Kier molecular flexibility index (Phi) is 6.16. The molecule has 8 heteroatoms. The van der Waals surface area contributed by atoms with E-state index in [-0.39, 0.29) is 5.91 Å². The van der Waals surface area contributed by atoms with Crippen molar-refractivity contribution in [2.45, 2.75) is 6.42 Å². The van der Waals surface area contributed by atoms with Crippen LogP contribution >= 0.6 is 11.6 Å². The molecular formula is C21H27ClN6O. The van der Waals surface area contributed by atoms with Crippen molar-refractivity contribution >= 4 is 29.1 Å². The molecule has 154 valence electrons. The van der Waals surface area contributed by atoms with Crippen LogP contribution in [0, 0.1) is 0 Å². The third-order valence-electron chi connectivity index (χ3n) is 5.72. The number of carbonyl (C=O) groups excluding carboxylic acids is 1. The average molecular weight is 415 g/mol. The van der Waals surface area contributed by atoms with Crippen LogP contribution in [0.2, 0.25) is 5.02 Å².